The van der Waals surface area contributed by atoms with E-state index in [-0.39, 0.29) is 0 Å². The van der Waals surface area contributed by atoms with Gasteiger partial charge in [-0.2, -0.15) is 5.10 Å². The van der Waals surface area contributed by atoms with Crippen LogP contribution < -0.4 is 5.43 Å². The molecule has 2 aromatic rings. The van der Waals surface area contributed by atoms with Gasteiger partial charge >= 0.3 is 5.97 Å². The number of carbonyl (C=O) groups is 1. The third-order valence-corrected chi connectivity index (χ3v) is 2.46. The van der Waals surface area contributed by atoms with Gasteiger partial charge in [-0.1, -0.05) is 18.2 Å². The Morgan fingerprint density at radius 2 is 2.00 bits per heavy atom. The summed E-state index contributed by atoms with van der Waals surface area (Å²) < 4.78 is 1.18. The molecule has 0 radical (unpaired) electrons. The zero-order valence-corrected chi connectivity index (χ0v) is 9.49. The molecule has 92 valence electrons. The minimum atomic E-state index is -1.47. The SMILES string of the molecule is Cc1ccccc1-n1cc(O)c(=O)c(C(=O)O)n1. The van der Waals surface area contributed by atoms with Gasteiger partial charge in [-0.25, -0.2) is 9.48 Å². The molecule has 0 aliphatic carbocycles. The molecule has 0 unspecified atom stereocenters. The summed E-state index contributed by atoms with van der Waals surface area (Å²) >= 11 is 0. The van der Waals surface area contributed by atoms with Crippen LogP contribution in [-0.2, 0) is 0 Å². The van der Waals surface area contributed by atoms with Crippen LogP contribution in [0.15, 0.2) is 35.3 Å². The van der Waals surface area contributed by atoms with Crippen LogP contribution in [0.1, 0.15) is 16.1 Å². The Kier molecular flexibility index (Phi) is 2.85. The second-order valence-corrected chi connectivity index (χ2v) is 3.73. The first-order valence-electron chi connectivity index (χ1n) is 5.13. The Labute approximate surface area is 102 Å². The average molecular weight is 246 g/mol. The van der Waals surface area contributed by atoms with Crippen LogP contribution in [0.4, 0.5) is 0 Å². The van der Waals surface area contributed by atoms with E-state index in [1.807, 2.05) is 19.1 Å². The first-order valence-corrected chi connectivity index (χ1v) is 5.13. The molecule has 1 aromatic heterocycles. The summed E-state index contributed by atoms with van der Waals surface area (Å²) in [6.45, 7) is 1.81. The number of aromatic hydroxyl groups is 1. The molecule has 2 N–H and O–H groups in total. The lowest BCUT2D eigenvalue weighted by atomic mass is 10.2. The molecular weight excluding hydrogens is 236 g/mol. The Morgan fingerprint density at radius 1 is 1.33 bits per heavy atom. The second-order valence-electron chi connectivity index (χ2n) is 3.73. The lowest BCUT2D eigenvalue weighted by molar-refractivity contribution is 0.0686. The van der Waals surface area contributed by atoms with E-state index in [2.05, 4.69) is 5.10 Å². The number of aromatic carboxylic acids is 1. The third-order valence-electron chi connectivity index (χ3n) is 2.46. The van der Waals surface area contributed by atoms with E-state index in [0.29, 0.717) is 5.69 Å². The fraction of sp³-hybridized carbons (Fsp3) is 0.0833. The fourth-order valence-corrected chi connectivity index (χ4v) is 1.56. The van der Waals surface area contributed by atoms with Crippen molar-refractivity contribution in [2.45, 2.75) is 6.92 Å². The van der Waals surface area contributed by atoms with Gasteiger partial charge in [-0.15, -0.1) is 0 Å². The van der Waals surface area contributed by atoms with Crippen molar-refractivity contribution in [2.75, 3.05) is 0 Å². The van der Waals surface area contributed by atoms with Crippen LogP contribution in [0.5, 0.6) is 5.75 Å². The van der Waals surface area contributed by atoms with Gasteiger partial charge in [0.1, 0.15) is 0 Å². The highest BCUT2D eigenvalue weighted by molar-refractivity contribution is 5.85. The van der Waals surface area contributed by atoms with Gasteiger partial charge in [0.15, 0.2) is 5.75 Å². The number of carboxylic acids is 1. The lowest BCUT2D eigenvalue weighted by Crippen LogP contribution is -2.21. The molecule has 6 nitrogen and oxygen atoms in total. The molecule has 0 aliphatic rings. The first kappa shape index (κ1) is 11.8. The van der Waals surface area contributed by atoms with Crippen molar-refractivity contribution in [2.24, 2.45) is 0 Å². The predicted octanol–water partition coefficient (Wildman–Crippen LogP) is 0.945. The number of para-hydroxylation sites is 1. The first-order chi connectivity index (χ1) is 8.50. The molecule has 0 amide bonds. The lowest BCUT2D eigenvalue weighted by Gasteiger charge is -2.09. The van der Waals surface area contributed by atoms with Crippen molar-refractivity contribution in [3.63, 3.8) is 0 Å². The monoisotopic (exact) mass is 246 g/mol. The van der Waals surface area contributed by atoms with E-state index >= 15 is 0 Å². The number of aryl methyl sites for hydroxylation is 1. The molecule has 1 heterocycles. The Morgan fingerprint density at radius 3 is 2.61 bits per heavy atom. The number of carboxylic acid groups (broad SMARTS) is 1. The summed E-state index contributed by atoms with van der Waals surface area (Å²) in [5.41, 5.74) is -0.273. The Balaban J connectivity index is 2.71. The number of nitrogens with zero attached hydrogens (tertiary/aromatic N) is 2. The standard InChI is InChI=1S/C12H10N2O4/c1-7-4-2-3-5-8(7)14-6-9(15)11(16)10(13-14)12(17)18/h2-6,15H,1H3,(H,17,18). The second kappa shape index (κ2) is 4.33. The Hall–Kier alpha value is -2.63. The van der Waals surface area contributed by atoms with E-state index in [4.69, 9.17) is 5.11 Å². The average Bonchev–Trinajstić information content (AvgIpc) is 2.33. The van der Waals surface area contributed by atoms with Gasteiger partial charge in [0, 0.05) is 0 Å². The summed E-state index contributed by atoms with van der Waals surface area (Å²) in [5.74, 6) is -2.12. The van der Waals surface area contributed by atoms with Gasteiger partial charge in [-0.3, -0.25) is 4.79 Å². The maximum absolute atomic E-state index is 11.4. The normalized spacial score (nSPS) is 10.3. The molecular formula is C12H10N2O4. The predicted molar refractivity (Wildman–Crippen MR) is 63.2 cm³/mol. The third kappa shape index (κ3) is 1.95. The van der Waals surface area contributed by atoms with Crippen molar-refractivity contribution >= 4 is 5.97 Å². The fourth-order valence-electron chi connectivity index (χ4n) is 1.56. The van der Waals surface area contributed by atoms with Crippen LogP contribution in [0, 0.1) is 6.92 Å². The van der Waals surface area contributed by atoms with Gasteiger partial charge in [-0.05, 0) is 18.6 Å². The molecule has 6 heteroatoms. The molecule has 0 aliphatic heterocycles. The van der Waals surface area contributed by atoms with E-state index in [1.54, 1.807) is 12.1 Å². The van der Waals surface area contributed by atoms with Crippen LogP contribution in [-0.4, -0.2) is 26.0 Å². The molecule has 2 rings (SSSR count). The van der Waals surface area contributed by atoms with Gasteiger partial charge in [0.25, 0.3) is 5.43 Å². The molecule has 0 saturated carbocycles. The van der Waals surface area contributed by atoms with E-state index in [9.17, 15) is 14.7 Å². The van der Waals surface area contributed by atoms with Crippen molar-refractivity contribution in [3.05, 3.63) is 51.9 Å². The van der Waals surface area contributed by atoms with Crippen molar-refractivity contribution in [1.29, 1.82) is 0 Å². The number of benzene rings is 1. The van der Waals surface area contributed by atoms with E-state index in [1.165, 1.54) is 4.68 Å². The van der Waals surface area contributed by atoms with Crippen molar-refractivity contribution < 1.29 is 15.0 Å². The molecule has 1 aromatic carbocycles. The quantitative estimate of drug-likeness (QED) is 0.822. The largest absolute Gasteiger partial charge is 0.503 e. The number of rotatable bonds is 2. The van der Waals surface area contributed by atoms with Crippen molar-refractivity contribution in [3.8, 4) is 11.4 Å². The molecule has 0 bridgehead atoms. The maximum atomic E-state index is 11.4. The molecule has 0 saturated heterocycles. The summed E-state index contributed by atoms with van der Waals surface area (Å²) in [7, 11) is 0. The maximum Gasteiger partial charge on any atom is 0.360 e. The number of hydrogen-bond donors (Lipinski definition) is 2. The van der Waals surface area contributed by atoms with Crippen LogP contribution in [0.2, 0.25) is 0 Å². The van der Waals surface area contributed by atoms with Crippen molar-refractivity contribution in [1.82, 2.24) is 9.78 Å². The summed E-state index contributed by atoms with van der Waals surface area (Å²) in [6.07, 6.45) is 1.09. The van der Waals surface area contributed by atoms with Gasteiger partial charge in [0.2, 0.25) is 5.69 Å². The number of aromatic nitrogens is 2. The minimum absolute atomic E-state index is 0.593. The molecule has 18 heavy (non-hydrogen) atoms. The Bertz CT molecular complexity index is 676. The topological polar surface area (TPSA) is 92.4 Å². The summed E-state index contributed by atoms with van der Waals surface area (Å²) in [4.78, 5) is 22.2. The highest BCUT2D eigenvalue weighted by Gasteiger charge is 2.16. The highest BCUT2D eigenvalue weighted by Crippen LogP contribution is 2.13. The summed E-state index contributed by atoms with van der Waals surface area (Å²) in [5, 5.41) is 22.0. The van der Waals surface area contributed by atoms with E-state index in [0.717, 1.165) is 11.8 Å². The van der Waals surface area contributed by atoms with Crippen LogP contribution in [0.25, 0.3) is 5.69 Å². The highest BCUT2D eigenvalue weighted by atomic mass is 16.4. The molecule has 0 fully saturated rings. The number of hydrogen-bond acceptors (Lipinski definition) is 4. The smallest absolute Gasteiger partial charge is 0.360 e. The van der Waals surface area contributed by atoms with Gasteiger partial charge in [0.05, 0.1) is 11.9 Å². The zero-order chi connectivity index (χ0) is 13.3. The van der Waals surface area contributed by atoms with Crippen LogP contribution >= 0.6 is 0 Å². The van der Waals surface area contributed by atoms with E-state index < -0.39 is 22.8 Å². The zero-order valence-electron chi connectivity index (χ0n) is 9.49. The van der Waals surface area contributed by atoms with Crippen LogP contribution in [0.3, 0.4) is 0 Å². The summed E-state index contributed by atoms with van der Waals surface area (Å²) in [6, 6.07) is 7.09. The van der Waals surface area contributed by atoms with Gasteiger partial charge < -0.3 is 10.2 Å². The molecule has 0 atom stereocenters. The molecule has 0 spiro atoms. The minimum Gasteiger partial charge on any atom is -0.503 e.